The molecule has 0 bridgehead atoms. The van der Waals surface area contributed by atoms with Gasteiger partial charge in [0.05, 0.1) is 37.6 Å². The highest BCUT2D eigenvalue weighted by molar-refractivity contribution is 7.99. The molecule has 6 rings (SSSR count). The molecule has 2 aliphatic rings. The van der Waals surface area contributed by atoms with E-state index in [9.17, 15) is 14.7 Å². The van der Waals surface area contributed by atoms with E-state index in [1.54, 1.807) is 11.9 Å². The summed E-state index contributed by atoms with van der Waals surface area (Å²) in [6.07, 6.45) is 3.67. The number of benzene rings is 4. The zero-order valence-corrected chi connectivity index (χ0v) is 26.9. The molecule has 4 aromatic carbocycles. The highest BCUT2D eigenvalue weighted by Gasteiger charge is 2.31. The van der Waals surface area contributed by atoms with E-state index in [4.69, 9.17) is 9.47 Å². The van der Waals surface area contributed by atoms with E-state index < -0.39 is 5.97 Å². The Bertz CT molecular complexity index is 1760. The first-order valence-corrected chi connectivity index (χ1v) is 16.5. The number of aryl methyl sites for hydroxylation is 1. The molecule has 0 spiro atoms. The Labute approximate surface area is 268 Å². The number of carboxylic acid groups (broad SMARTS) is 1. The molecule has 2 heterocycles. The number of rotatable bonds is 8. The Morgan fingerprint density at radius 2 is 1.71 bits per heavy atom. The number of aliphatic carboxylic acids is 1. The van der Waals surface area contributed by atoms with Crippen LogP contribution in [0.4, 0.5) is 11.4 Å². The topological polar surface area (TPSA) is 88.1 Å². The van der Waals surface area contributed by atoms with Gasteiger partial charge in [-0.25, -0.2) is 0 Å². The van der Waals surface area contributed by atoms with Crippen molar-refractivity contribution >= 4 is 35.2 Å². The molecule has 2 aliphatic heterocycles. The van der Waals surface area contributed by atoms with E-state index in [1.165, 1.54) is 0 Å². The summed E-state index contributed by atoms with van der Waals surface area (Å²) in [7, 11) is 0. The second-order valence-electron chi connectivity index (χ2n) is 11.7. The zero-order valence-electron chi connectivity index (χ0n) is 26.1. The zero-order chi connectivity index (χ0) is 31.7. The van der Waals surface area contributed by atoms with E-state index in [0.29, 0.717) is 36.8 Å². The largest absolute Gasteiger partial charge is 0.488 e. The predicted molar refractivity (Wildman–Crippen MR) is 181 cm³/mol. The van der Waals surface area contributed by atoms with Gasteiger partial charge >= 0.3 is 5.97 Å². The second kappa shape index (κ2) is 13.0. The van der Waals surface area contributed by atoms with Gasteiger partial charge in [-0.1, -0.05) is 60.0 Å². The van der Waals surface area contributed by atoms with Crippen LogP contribution in [0.25, 0.3) is 22.3 Å². The Kier molecular flexibility index (Phi) is 8.88. The summed E-state index contributed by atoms with van der Waals surface area (Å²) < 4.78 is 13.9. The summed E-state index contributed by atoms with van der Waals surface area (Å²) in [5.74, 6) is -0.398. The smallest absolute Gasteiger partial charge is 0.307 e. The van der Waals surface area contributed by atoms with Crippen LogP contribution >= 0.6 is 11.9 Å². The van der Waals surface area contributed by atoms with Crippen molar-refractivity contribution in [1.82, 2.24) is 0 Å². The maximum absolute atomic E-state index is 13.6. The Balaban J connectivity index is 1.39. The Hall–Kier alpha value is -4.27. The van der Waals surface area contributed by atoms with Crippen LogP contribution in [0.2, 0.25) is 0 Å². The van der Waals surface area contributed by atoms with Crippen molar-refractivity contribution in [2.45, 2.75) is 52.7 Å². The molecule has 1 amide bonds. The van der Waals surface area contributed by atoms with Crippen molar-refractivity contribution < 1.29 is 24.2 Å². The second-order valence-corrected chi connectivity index (χ2v) is 12.5. The van der Waals surface area contributed by atoms with Gasteiger partial charge in [-0.2, -0.15) is 0 Å². The molecule has 0 atom stereocenters. The van der Waals surface area contributed by atoms with Crippen LogP contribution in [0.5, 0.6) is 5.75 Å². The number of carboxylic acids is 1. The van der Waals surface area contributed by atoms with Gasteiger partial charge in [-0.15, -0.1) is 0 Å². The maximum atomic E-state index is 13.6. The SMILES string of the molecule is CSN1Cc2cc(C(=O)Nc3ccccc3OC3CCOCC3)ccc2-c2c(C)c(-c3ccc(C)cc3)c(CC(=O)O)c(C)c21. The Morgan fingerprint density at radius 3 is 2.42 bits per heavy atom. The Morgan fingerprint density at radius 1 is 0.978 bits per heavy atom. The monoisotopic (exact) mass is 622 g/mol. The van der Waals surface area contributed by atoms with Crippen molar-refractivity contribution in [3.8, 4) is 28.0 Å². The average molecular weight is 623 g/mol. The van der Waals surface area contributed by atoms with E-state index >= 15 is 0 Å². The minimum atomic E-state index is -0.854. The van der Waals surface area contributed by atoms with Crippen LogP contribution in [0.1, 0.15) is 51.0 Å². The van der Waals surface area contributed by atoms with Gasteiger partial charge in [0.1, 0.15) is 11.9 Å². The van der Waals surface area contributed by atoms with Crippen molar-refractivity contribution in [1.29, 1.82) is 0 Å². The number of carbonyl (C=O) groups is 2. The molecule has 0 saturated carbocycles. The number of amides is 1. The summed E-state index contributed by atoms with van der Waals surface area (Å²) in [4.78, 5) is 25.7. The molecule has 0 radical (unpaired) electrons. The first-order chi connectivity index (χ1) is 21.7. The van der Waals surface area contributed by atoms with Gasteiger partial charge in [0.25, 0.3) is 5.91 Å². The van der Waals surface area contributed by atoms with Gasteiger partial charge in [-0.05, 0) is 84.0 Å². The molecular formula is C37H38N2O5S. The normalized spacial score (nSPS) is 14.4. The van der Waals surface area contributed by atoms with Crippen LogP contribution in [0, 0.1) is 20.8 Å². The molecule has 8 heteroatoms. The molecule has 4 aromatic rings. The molecule has 0 aliphatic carbocycles. The molecule has 0 unspecified atom stereocenters. The van der Waals surface area contributed by atoms with Crippen LogP contribution in [0.15, 0.2) is 66.7 Å². The molecule has 1 saturated heterocycles. The van der Waals surface area contributed by atoms with Gasteiger partial charge in [0.15, 0.2) is 0 Å². The van der Waals surface area contributed by atoms with E-state index in [2.05, 4.69) is 40.8 Å². The summed E-state index contributed by atoms with van der Waals surface area (Å²) in [6.45, 7) is 8.11. The lowest BCUT2D eigenvalue weighted by Crippen LogP contribution is -2.26. The number of para-hydroxylation sites is 2. The molecule has 2 N–H and O–H groups in total. The van der Waals surface area contributed by atoms with E-state index in [0.717, 1.165) is 68.6 Å². The lowest BCUT2D eigenvalue weighted by molar-refractivity contribution is -0.136. The lowest BCUT2D eigenvalue weighted by Gasteiger charge is -2.36. The quantitative estimate of drug-likeness (QED) is 0.193. The third kappa shape index (κ3) is 6.17. The molecule has 45 heavy (non-hydrogen) atoms. The number of fused-ring (bicyclic) bond motifs is 3. The van der Waals surface area contributed by atoms with Crippen molar-refractivity contribution in [3.05, 3.63) is 100 Å². The first-order valence-electron chi connectivity index (χ1n) is 15.3. The average Bonchev–Trinajstić information content (AvgIpc) is 3.04. The number of nitrogens with one attached hydrogen (secondary N) is 1. The van der Waals surface area contributed by atoms with Gasteiger partial charge in [0, 0.05) is 30.2 Å². The molecule has 0 aromatic heterocycles. The van der Waals surface area contributed by atoms with Gasteiger partial charge in [0.2, 0.25) is 0 Å². The van der Waals surface area contributed by atoms with Crippen LogP contribution in [-0.4, -0.2) is 42.6 Å². The third-order valence-electron chi connectivity index (χ3n) is 8.78. The highest BCUT2D eigenvalue weighted by Crippen LogP contribution is 2.50. The lowest BCUT2D eigenvalue weighted by atomic mass is 9.80. The van der Waals surface area contributed by atoms with E-state index in [1.807, 2.05) is 62.6 Å². The van der Waals surface area contributed by atoms with Crippen molar-refractivity contribution in [2.75, 3.05) is 29.1 Å². The van der Waals surface area contributed by atoms with Crippen molar-refractivity contribution in [3.63, 3.8) is 0 Å². The van der Waals surface area contributed by atoms with Crippen LogP contribution in [0.3, 0.4) is 0 Å². The summed E-state index contributed by atoms with van der Waals surface area (Å²) in [5.41, 5.74) is 11.4. The van der Waals surface area contributed by atoms with E-state index in [-0.39, 0.29) is 18.4 Å². The van der Waals surface area contributed by atoms with Gasteiger partial charge < -0.3 is 24.2 Å². The number of carbonyl (C=O) groups excluding carboxylic acids is 1. The number of ether oxygens (including phenoxy) is 2. The summed E-state index contributed by atoms with van der Waals surface area (Å²) >= 11 is 1.60. The number of hydrogen-bond acceptors (Lipinski definition) is 6. The fraction of sp³-hybridized carbons (Fsp3) is 0.297. The number of anilines is 2. The minimum absolute atomic E-state index is 0.0585. The third-order valence-corrected chi connectivity index (χ3v) is 9.53. The van der Waals surface area contributed by atoms with Crippen LogP contribution < -0.4 is 14.4 Å². The molecular weight excluding hydrogens is 584 g/mol. The fourth-order valence-electron chi connectivity index (χ4n) is 6.51. The molecule has 7 nitrogen and oxygen atoms in total. The number of nitrogens with zero attached hydrogens (tertiary/aromatic N) is 1. The molecule has 232 valence electrons. The minimum Gasteiger partial charge on any atom is -0.488 e. The number of hydrogen-bond donors (Lipinski definition) is 2. The summed E-state index contributed by atoms with van der Waals surface area (Å²) in [5, 5.41) is 13.0. The van der Waals surface area contributed by atoms with Crippen molar-refractivity contribution in [2.24, 2.45) is 0 Å². The first kappa shape index (κ1) is 30.7. The highest BCUT2D eigenvalue weighted by atomic mass is 32.2. The predicted octanol–water partition coefficient (Wildman–Crippen LogP) is 7.98. The maximum Gasteiger partial charge on any atom is 0.307 e. The van der Waals surface area contributed by atoms with Gasteiger partial charge in [-0.3, -0.25) is 9.59 Å². The standard InChI is InChI=1S/C37H38N2O5S/c1-22-9-11-25(12-10-22)34-24(3)35-29-14-13-26(19-27(29)21-39(45-4)36(35)23(2)30(34)20-33(40)41)37(42)38-31-7-5-6-8-32(31)44-28-15-17-43-18-16-28/h5-14,19,28H,15-18,20-21H2,1-4H3,(H,38,42)(H,40,41). The molecule has 1 fully saturated rings. The summed E-state index contributed by atoms with van der Waals surface area (Å²) in [6, 6.07) is 21.7. The van der Waals surface area contributed by atoms with Crippen LogP contribution in [-0.2, 0) is 22.5 Å². The fourth-order valence-corrected chi connectivity index (χ4v) is 7.19.